The van der Waals surface area contributed by atoms with Crippen LogP contribution in [-0.4, -0.2) is 57.4 Å². The number of hydrogen-bond acceptors (Lipinski definition) is 6. The van der Waals surface area contributed by atoms with Crippen molar-refractivity contribution in [3.05, 3.63) is 36.1 Å². The van der Waals surface area contributed by atoms with E-state index >= 15 is 0 Å². The summed E-state index contributed by atoms with van der Waals surface area (Å²) in [6, 6.07) is 6.54. The van der Waals surface area contributed by atoms with Gasteiger partial charge in [-0.25, -0.2) is 9.97 Å². The molecule has 1 aliphatic heterocycles. The highest BCUT2D eigenvalue weighted by Gasteiger charge is 2.22. The first-order valence-electron chi connectivity index (χ1n) is 9.36. The third kappa shape index (κ3) is 2.78. The van der Waals surface area contributed by atoms with Crippen LogP contribution in [0.1, 0.15) is 6.92 Å². The van der Waals surface area contributed by atoms with Gasteiger partial charge in [0.15, 0.2) is 0 Å². The molecule has 4 aromatic rings. The van der Waals surface area contributed by atoms with Crippen LogP contribution in [0.3, 0.4) is 0 Å². The van der Waals surface area contributed by atoms with Crippen LogP contribution >= 0.6 is 11.3 Å². The van der Waals surface area contributed by atoms with Gasteiger partial charge in [-0.05, 0) is 24.2 Å². The lowest BCUT2D eigenvalue weighted by molar-refractivity contribution is 0.271. The zero-order chi connectivity index (χ0) is 18.4. The van der Waals surface area contributed by atoms with Crippen molar-refractivity contribution in [1.29, 1.82) is 0 Å². The number of benzene rings is 1. The molecule has 1 fully saturated rings. The van der Waals surface area contributed by atoms with Gasteiger partial charge in [0, 0.05) is 49.6 Å². The van der Waals surface area contributed by atoms with Crippen molar-refractivity contribution in [2.75, 3.05) is 37.6 Å². The Morgan fingerprint density at radius 2 is 1.96 bits per heavy atom. The molecule has 0 spiro atoms. The first-order chi connectivity index (χ1) is 13.2. The summed E-state index contributed by atoms with van der Waals surface area (Å²) < 4.78 is 1.91. The second kappa shape index (κ2) is 6.58. The topological polar surface area (TPSA) is 50.1 Å². The van der Waals surface area contributed by atoms with E-state index in [1.54, 1.807) is 17.7 Å². The summed E-state index contributed by atoms with van der Waals surface area (Å²) in [4.78, 5) is 15.2. The standard InChI is InChI=1S/C20H22N6S/c1-3-25-6-8-26(9-7-25)19-18-16(12-27-20(18)22-13-21-19)14-4-5-17-15(10-14)11-23-24(17)2/h4-5,10-13H,3,6-9H2,1-2H3. The summed E-state index contributed by atoms with van der Waals surface area (Å²) in [6.07, 6.45) is 3.63. The van der Waals surface area contributed by atoms with Gasteiger partial charge < -0.3 is 9.80 Å². The third-order valence-electron chi connectivity index (χ3n) is 5.53. The predicted molar refractivity (Wildman–Crippen MR) is 111 cm³/mol. The van der Waals surface area contributed by atoms with Gasteiger partial charge in [-0.3, -0.25) is 4.68 Å². The lowest BCUT2D eigenvalue weighted by atomic mass is 10.0. The average molecular weight is 379 g/mol. The Kier molecular flexibility index (Phi) is 4.06. The number of rotatable bonds is 3. The Balaban J connectivity index is 1.60. The lowest BCUT2D eigenvalue weighted by Crippen LogP contribution is -2.46. The molecule has 7 heteroatoms. The molecule has 5 rings (SSSR count). The van der Waals surface area contributed by atoms with E-state index in [1.165, 1.54) is 16.5 Å². The minimum atomic E-state index is 1.01. The number of thiophene rings is 1. The van der Waals surface area contributed by atoms with E-state index in [4.69, 9.17) is 4.98 Å². The maximum atomic E-state index is 4.69. The number of fused-ring (bicyclic) bond motifs is 2. The number of piperazine rings is 1. The zero-order valence-electron chi connectivity index (χ0n) is 15.6. The van der Waals surface area contributed by atoms with Crippen LogP contribution < -0.4 is 4.90 Å². The molecule has 1 aliphatic rings. The smallest absolute Gasteiger partial charge is 0.141 e. The van der Waals surface area contributed by atoms with Gasteiger partial charge in [0.05, 0.1) is 17.1 Å². The molecule has 0 atom stereocenters. The second-order valence-electron chi connectivity index (χ2n) is 6.99. The number of likely N-dealkylation sites (N-methyl/N-ethyl adjacent to an activating group) is 1. The van der Waals surface area contributed by atoms with Gasteiger partial charge in [0.1, 0.15) is 17.0 Å². The van der Waals surface area contributed by atoms with Gasteiger partial charge in [-0.15, -0.1) is 11.3 Å². The van der Waals surface area contributed by atoms with Crippen molar-refractivity contribution in [3.8, 4) is 11.1 Å². The molecule has 27 heavy (non-hydrogen) atoms. The van der Waals surface area contributed by atoms with Crippen molar-refractivity contribution < 1.29 is 0 Å². The Labute approximate surface area is 162 Å². The molecule has 1 aromatic carbocycles. The summed E-state index contributed by atoms with van der Waals surface area (Å²) in [7, 11) is 1.98. The molecule has 0 bridgehead atoms. The highest BCUT2D eigenvalue weighted by Crippen LogP contribution is 2.38. The van der Waals surface area contributed by atoms with Crippen molar-refractivity contribution in [2.24, 2.45) is 7.05 Å². The maximum Gasteiger partial charge on any atom is 0.141 e. The Bertz CT molecular complexity index is 1110. The number of aromatic nitrogens is 4. The van der Waals surface area contributed by atoms with Crippen molar-refractivity contribution in [1.82, 2.24) is 24.6 Å². The van der Waals surface area contributed by atoms with Crippen LogP contribution in [0.15, 0.2) is 36.1 Å². The van der Waals surface area contributed by atoms with Crippen molar-refractivity contribution in [2.45, 2.75) is 6.92 Å². The first-order valence-corrected chi connectivity index (χ1v) is 10.2. The maximum absolute atomic E-state index is 4.69. The number of aryl methyl sites for hydroxylation is 1. The average Bonchev–Trinajstić information content (AvgIpc) is 3.31. The van der Waals surface area contributed by atoms with Crippen LogP contribution in [-0.2, 0) is 7.05 Å². The Hall–Kier alpha value is -2.51. The summed E-state index contributed by atoms with van der Waals surface area (Å²) >= 11 is 1.69. The molecule has 0 amide bonds. The van der Waals surface area contributed by atoms with E-state index in [0.29, 0.717) is 0 Å². The highest BCUT2D eigenvalue weighted by atomic mass is 32.1. The molecular weight excluding hydrogens is 356 g/mol. The summed E-state index contributed by atoms with van der Waals surface area (Å²) in [5.41, 5.74) is 3.56. The van der Waals surface area contributed by atoms with Crippen LogP contribution in [0.5, 0.6) is 0 Å². The number of nitrogens with zero attached hydrogens (tertiary/aromatic N) is 6. The van der Waals surface area contributed by atoms with Crippen molar-refractivity contribution in [3.63, 3.8) is 0 Å². The molecule has 0 unspecified atom stereocenters. The molecule has 1 saturated heterocycles. The largest absolute Gasteiger partial charge is 0.353 e. The predicted octanol–water partition coefficient (Wildman–Crippen LogP) is 3.39. The molecule has 0 aliphatic carbocycles. The fraction of sp³-hybridized carbons (Fsp3) is 0.350. The van der Waals surface area contributed by atoms with E-state index < -0.39 is 0 Å². The SMILES string of the molecule is CCN1CCN(c2ncnc3scc(-c4ccc5c(cnn5C)c4)c23)CC1. The van der Waals surface area contributed by atoms with Crippen LogP contribution in [0.25, 0.3) is 32.2 Å². The van der Waals surface area contributed by atoms with Gasteiger partial charge in [0.25, 0.3) is 0 Å². The molecule has 0 N–H and O–H groups in total. The highest BCUT2D eigenvalue weighted by molar-refractivity contribution is 7.17. The first kappa shape index (κ1) is 16.6. The third-order valence-corrected chi connectivity index (χ3v) is 6.41. The number of hydrogen-bond donors (Lipinski definition) is 0. The fourth-order valence-corrected chi connectivity index (χ4v) is 4.83. The van der Waals surface area contributed by atoms with Gasteiger partial charge in [-0.2, -0.15) is 5.10 Å². The quantitative estimate of drug-likeness (QED) is 0.547. The van der Waals surface area contributed by atoms with E-state index in [0.717, 1.165) is 54.3 Å². The van der Waals surface area contributed by atoms with E-state index in [1.807, 2.05) is 17.9 Å². The monoisotopic (exact) mass is 378 g/mol. The molecule has 4 heterocycles. The molecule has 138 valence electrons. The summed E-state index contributed by atoms with van der Waals surface area (Å²) in [6.45, 7) is 7.53. The molecular formula is C20H22N6S. The molecule has 0 saturated carbocycles. The van der Waals surface area contributed by atoms with Crippen molar-refractivity contribution >= 4 is 38.3 Å². The van der Waals surface area contributed by atoms with Crippen LogP contribution in [0.4, 0.5) is 5.82 Å². The Morgan fingerprint density at radius 3 is 2.78 bits per heavy atom. The van der Waals surface area contributed by atoms with Crippen LogP contribution in [0.2, 0.25) is 0 Å². The number of anilines is 1. The summed E-state index contributed by atoms with van der Waals surface area (Å²) in [5, 5.41) is 8.91. The van der Waals surface area contributed by atoms with E-state index in [2.05, 4.69) is 50.4 Å². The lowest BCUT2D eigenvalue weighted by Gasteiger charge is -2.35. The minimum absolute atomic E-state index is 1.01. The normalized spacial score (nSPS) is 15.9. The van der Waals surface area contributed by atoms with Gasteiger partial charge >= 0.3 is 0 Å². The van der Waals surface area contributed by atoms with E-state index in [-0.39, 0.29) is 0 Å². The molecule has 3 aromatic heterocycles. The second-order valence-corrected chi connectivity index (χ2v) is 7.85. The summed E-state index contributed by atoms with van der Waals surface area (Å²) in [5.74, 6) is 1.07. The van der Waals surface area contributed by atoms with Gasteiger partial charge in [-0.1, -0.05) is 13.0 Å². The van der Waals surface area contributed by atoms with Crippen LogP contribution in [0, 0.1) is 0 Å². The molecule has 6 nitrogen and oxygen atoms in total. The van der Waals surface area contributed by atoms with E-state index in [9.17, 15) is 0 Å². The van der Waals surface area contributed by atoms with Gasteiger partial charge in [0.2, 0.25) is 0 Å². The zero-order valence-corrected chi connectivity index (χ0v) is 16.4. The Morgan fingerprint density at radius 1 is 1.11 bits per heavy atom. The minimum Gasteiger partial charge on any atom is -0.353 e. The molecule has 0 radical (unpaired) electrons. The fourth-order valence-electron chi connectivity index (χ4n) is 3.92.